The minimum absolute atomic E-state index is 0.0449. The second kappa shape index (κ2) is 14.9. The molecule has 1 aromatic carbocycles. The Morgan fingerprint density at radius 3 is 2.39 bits per heavy atom. The van der Waals surface area contributed by atoms with Gasteiger partial charge in [0.2, 0.25) is 11.9 Å². The van der Waals surface area contributed by atoms with Crippen LogP contribution in [0.1, 0.15) is 39.5 Å². The van der Waals surface area contributed by atoms with Crippen molar-refractivity contribution >= 4 is 35.0 Å². The topological polar surface area (TPSA) is 127 Å². The normalized spacial score (nSPS) is 16.4. The first-order valence-corrected chi connectivity index (χ1v) is 17.5. The summed E-state index contributed by atoms with van der Waals surface area (Å²) in [5, 5.41) is 7.31. The number of methoxy groups -OCH3 is 1. The molecule has 1 N–H and O–H groups in total. The number of pyridine rings is 1. The molecular formula is C36H44ClFN9O4+. The summed E-state index contributed by atoms with van der Waals surface area (Å²) in [4.78, 5) is 51.8. The van der Waals surface area contributed by atoms with Crippen LogP contribution in [-0.2, 0) is 23.1 Å². The van der Waals surface area contributed by atoms with Crippen LogP contribution in [0.15, 0.2) is 42.7 Å². The molecule has 2 aliphatic rings. The monoisotopic (exact) mass is 720 g/mol. The van der Waals surface area contributed by atoms with Crippen LogP contribution < -0.4 is 5.32 Å². The number of aromatic nitrogens is 5. The zero-order chi connectivity index (χ0) is 36.4. The van der Waals surface area contributed by atoms with Gasteiger partial charge in [0.05, 0.1) is 80.3 Å². The Morgan fingerprint density at radius 2 is 1.73 bits per heavy atom. The molecule has 3 amide bonds. The van der Waals surface area contributed by atoms with Gasteiger partial charge in [-0.15, -0.1) is 0 Å². The van der Waals surface area contributed by atoms with Gasteiger partial charge in [-0.05, 0) is 37.3 Å². The summed E-state index contributed by atoms with van der Waals surface area (Å²) >= 11 is 6.55. The van der Waals surface area contributed by atoms with Crippen molar-refractivity contribution in [3.63, 3.8) is 0 Å². The van der Waals surface area contributed by atoms with Crippen LogP contribution in [0.4, 0.5) is 10.1 Å². The Morgan fingerprint density at radius 1 is 1.02 bits per heavy atom. The number of benzene rings is 1. The first-order valence-electron chi connectivity index (χ1n) is 17.1. The number of piperazine rings is 1. The van der Waals surface area contributed by atoms with Gasteiger partial charge in [0.25, 0.3) is 11.8 Å². The molecule has 4 aromatic rings. The van der Waals surface area contributed by atoms with Gasteiger partial charge in [-0.1, -0.05) is 11.6 Å². The molecule has 51 heavy (non-hydrogen) atoms. The zero-order valence-corrected chi connectivity index (χ0v) is 30.4. The fourth-order valence-corrected chi connectivity index (χ4v) is 7.03. The van der Waals surface area contributed by atoms with Gasteiger partial charge in [-0.25, -0.2) is 9.97 Å². The fourth-order valence-electron chi connectivity index (χ4n) is 6.77. The molecule has 6 rings (SSSR count). The Labute approximate surface area is 301 Å². The summed E-state index contributed by atoms with van der Waals surface area (Å²) in [6.45, 7) is 6.76. The molecule has 5 heterocycles. The summed E-state index contributed by atoms with van der Waals surface area (Å²) in [7, 11) is 7.62. The Kier molecular flexibility index (Phi) is 10.6. The van der Waals surface area contributed by atoms with Crippen LogP contribution in [0, 0.1) is 18.8 Å². The molecule has 0 unspecified atom stereocenters. The highest BCUT2D eigenvalue weighted by Gasteiger charge is 2.35. The SMILES string of the molecule is COCCn1ncc(-c2ccc(-c3cnc(C(=O)Nc4ccc(C(=O)N5CCN(C(=O)C6CC[N+](C)(C)CC6)CC5)c(Cl)c4)n3C)c(F)n2)c1C. The number of carbonyl (C=O) groups excluding carboxylic acids is 3. The lowest BCUT2D eigenvalue weighted by molar-refractivity contribution is -0.895. The van der Waals surface area contributed by atoms with Gasteiger partial charge in [-0.2, -0.15) is 9.49 Å². The first kappa shape index (κ1) is 36.1. The number of rotatable bonds is 9. The van der Waals surface area contributed by atoms with Crippen LogP contribution in [0.25, 0.3) is 22.5 Å². The first-order chi connectivity index (χ1) is 24.4. The maximum absolute atomic E-state index is 15.4. The van der Waals surface area contributed by atoms with Crippen LogP contribution in [0.5, 0.6) is 0 Å². The molecule has 2 aliphatic heterocycles. The summed E-state index contributed by atoms with van der Waals surface area (Å²) in [6, 6.07) is 8.01. The van der Waals surface area contributed by atoms with E-state index in [9.17, 15) is 14.4 Å². The van der Waals surface area contributed by atoms with E-state index < -0.39 is 11.9 Å². The number of quaternary nitrogens is 1. The number of carbonyl (C=O) groups is 3. The lowest BCUT2D eigenvalue weighted by Gasteiger charge is -2.40. The van der Waals surface area contributed by atoms with E-state index in [4.69, 9.17) is 16.3 Å². The van der Waals surface area contributed by atoms with E-state index in [0.29, 0.717) is 67.5 Å². The van der Waals surface area contributed by atoms with Gasteiger partial charge < -0.3 is 28.9 Å². The molecule has 0 bridgehead atoms. The maximum atomic E-state index is 15.4. The van der Waals surface area contributed by atoms with E-state index in [0.717, 1.165) is 36.1 Å². The van der Waals surface area contributed by atoms with E-state index in [-0.39, 0.29) is 34.1 Å². The Balaban J connectivity index is 1.07. The average Bonchev–Trinajstić information content (AvgIpc) is 3.68. The number of likely N-dealkylation sites (tertiary alicyclic amines) is 1. The van der Waals surface area contributed by atoms with Crippen LogP contribution in [0.2, 0.25) is 5.02 Å². The Bertz CT molecular complexity index is 1940. The number of nitrogens with one attached hydrogen (secondary N) is 1. The van der Waals surface area contributed by atoms with Crippen molar-refractivity contribution in [1.29, 1.82) is 0 Å². The van der Waals surface area contributed by atoms with Crippen LogP contribution in [0.3, 0.4) is 0 Å². The van der Waals surface area contributed by atoms with Crippen molar-refractivity contribution in [1.82, 2.24) is 34.1 Å². The highest BCUT2D eigenvalue weighted by Crippen LogP contribution is 2.29. The van der Waals surface area contributed by atoms with E-state index in [2.05, 4.69) is 34.5 Å². The lowest BCUT2D eigenvalue weighted by atomic mass is 9.94. The maximum Gasteiger partial charge on any atom is 0.291 e. The zero-order valence-electron chi connectivity index (χ0n) is 29.7. The third-order valence-corrected chi connectivity index (χ3v) is 10.4. The molecule has 0 spiro atoms. The molecule has 2 saturated heterocycles. The second-order valence-corrected chi connectivity index (χ2v) is 14.3. The largest absolute Gasteiger partial charge is 0.383 e. The lowest BCUT2D eigenvalue weighted by Crippen LogP contribution is -2.54. The number of imidazole rings is 1. The summed E-state index contributed by atoms with van der Waals surface area (Å²) in [5.41, 5.74) is 3.22. The van der Waals surface area contributed by atoms with Gasteiger partial charge >= 0.3 is 0 Å². The average molecular weight is 721 g/mol. The summed E-state index contributed by atoms with van der Waals surface area (Å²) in [5.74, 6) is -1.19. The molecule has 13 nitrogen and oxygen atoms in total. The number of halogens is 2. The predicted octanol–water partition coefficient (Wildman–Crippen LogP) is 4.12. The highest BCUT2D eigenvalue weighted by molar-refractivity contribution is 6.34. The van der Waals surface area contributed by atoms with Crippen molar-refractivity contribution in [2.75, 3.05) is 72.4 Å². The molecule has 0 saturated carbocycles. The molecule has 2 fully saturated rings. The van der Waals surface area contributed by atoms with Gasteiger partial charge in [-0.3, -0.25) is 19.1 Å². The highest BCUT2D eigenvalue weighted by atomic mass is 35.5. The van der Waals surface area contributed by atoms with Crippen LogP contribution >= 0.6 is 11.6 Å². The van der Waals surface area contributed by atoms with Crippen molar-refractivity contribution in [3.05, 3.63) is 70.8 Å². The van der Waals surface area contributed by atoms with E-state index in [1.54, 1.807) is 54.2 Å². The van der Waals surface area contributed by atoms with E-state index >= 15 is 4.39 Å². The smallest absolute Gasteiger partial charge is 0.291 e. The minimum atomic E-state index is -0.709. The minimum Gasteiger partial charge on any atom is -0.383 e. The van der Waals surface area contributed by atoms with Gasteiger partial charge in [0.1, 0.15) is 0 Å². The van der Waals surface area contributed by atoms with Gasteiger partial charge in [0.15, 0.2) is 5.82 Å². The van der Waals surface area contributed by atoms with E-state index in [1.165, 1.54) is 16.8 Å². The van der Waals surface area contributed by atoms with Crippen molar-refractivity contribution in [2.24, 2.45) is 13.0 Å². The number of anilines is 1. The number of amides is 3. The summed E-state index contributed by atoms with van der Waals surface area (Å²) in [6.07, 6.45) is 4.84. The number of piperidine rings is 1. The molecule has 0 atom stereocenters. The number of hydrogen-bond donors (Lipinski definition) is 1. The molecular weight excluding hydrogens is 677 g/mol. The molecule has 3 aromatic heterocycles. The third-order valence-electron chi connectivity index (χ3n) is 10.1. The van der Waals surface area contributed by atoms with Crippen molar-refractivity contribution in [2.45, 2.75) is 26.3 Å². The van der Waals surface area contributed by atoms with Crippen molar-refractivity contribution < 1.29 is 28.0 Å². The van der Waals surface area contributed by atoms with E-state index in [1.807, 2.05) is 11.8 Å². The fraction of sp³-hybridized carbons (Fsp3) is 0.444. The summed E-state index contributed by atoms with van der Waals surface area (Å²) < 4.78 is 24.7. The van der Waals surface area contributed by atoms with Gasteiger partial charge in [0, 0.05) is 76.0 Å². The Hall–Kier alpha value is -4.66. The van der Waals surface area contributed by atoms with Crippen molar-refractivity contribution in [3.8, 4) is 22.5 Å². The molecule has 0 aliphatic carbocycles. The number of nitrogens with zero attached hydrogens (tertiary/aromatic N) is 8. The standard InChI is InChI=1S/C36H43ClFN9O4/c1-23-28(21-40-46(23)16-19-51-5)30-9-8-27(32(38)42-30)31-22-39-33(43(31)2)34(48)41-25-6-7-26(29(37)20-25)36(50)45-14-12-44(13-15-45)35(49)24-10-17-47(3,4)18-11-24/h6-9,20-22,24H,10-19H2,1-5H3/p+1. The molecule has 0 radical (unpaired) electrons. The predicted molar refractivity (Wildman–Crippen MR) is 191 cm³/mol. The second-order valence-electron chi connectivity index (χ2n) is 13.8. The van der Waals surface area contributed by atoms with Crippen LogP contribution in [-0.4, -0.2) is 123 Å². The molecule has 15 heteroatoms. The quantitative estimate of drug-likeness (QED) is 0.204. The third kappa shape index (κ3) is 7.67. The number of hydrogen-bond acceptors (Lipinski definition) is 7. The molecule has 270 valence electrons. The number of ether oxygens (including phenoxy) is 1.